The van der Waals surface area contributed by atoms with Crippen molar-refractivity contribution >= 4 is 27.4 Å². The summed E-state index contributed by atoms with van der Waals surface area (Å²) in [5, 5.41) is 5.85. The zero-order chi connectivity index (χ0) is 17.2. The van der Waals surface area contributed by atoms with Gasteiger partial charge in [-0.2, -0.15) is 0 Å². The molecule has 0 spiro atoms. The summed E-state index contributed by atoms with van der Waals surface area (Å²) in [7, 11) is -3.30. The van der Waals surface area contributed by atoms with Gasteiger partial charge < -0.3 is 10.6 Å². The van der Waals surface area contributed by atoms with Crippen molar-refractivity contribution in [2.24, 2.45) is 0 Å². The van der Waals surface area contributed by atoms with Crippen molar-refractivity contribution in [2.45, 2.75) is 51.0 Å². The Labute approximate surface area is 143 Å². The third-order valence-electron chi connectivity index (χ3n) is 4.76. The molecule has 2 amide bonds. The Morgan fingerprint density at radius 2 is 1.92 bits per heavy atom. The van der Waals surface area contributed by atoms with E-state index >= 15 is 0 Å². The first-order valence-electron chi connectivity index (χ1n) is 8.61. The number of sulfonamides is 1. The van der Waals surface area contributed by atoms with E-state index in [4.69, 9.17) is 0 Å². The molecule has 1 fully saturated rings. The van der Waals surface area contributed by atoms with Gasteiger partial charge in [-0.15, -0.1) is 0 Å². The van der Waals surface area contributed by atoms with Gasteiger partial charge in [0.15, 0.2) is 0 Å². The molecule has 0 atom stereocenters. The highest BCUT2D eigenvalue weighted by Gasteiger charge is 2.24. The maximum Gasteiger partial charge on any atom is 0.319 e. The summed E-state index contributed by atoms with van der Waals surface area (Å²) < 4.78 is 25.4. The second kappa shape index (κ2) is 7.01. The predicted octanol–water partition coefficient (Wildman–Crippen LogP) is 2.85. The monoisotopic (exact) mass is 351 g/mol. The van der Waals surface area contributed by atoms with Crippen molar-refractivity contribution in [1.29, 1.82) is 0 Å². The van der Waals surface area contributed by atoms with E-state index in [2.05, 4.69) is 10.6 Å². The van der Waals surface area contributed by atoms with E-state index in [1.165, 1.54) is 17.0 Å². The third-order valence-corrected chi connectivity index (χ3v) is 5.94. The van der Waals surface area contributed by atoms with Crippen molar-refractivity contribution in [2.75, 3.05) is 22.4 Å². The number of aryl methyl sites for hydroxylation is 1. The van der Waals surface area contributed by atoms with Gasteiger partial charge in [-0.25, -0.2) is 13.2 Å². The maximum absolute atomic E-state index is 12.2. The van der Waals surface area contributed by atoms with E-state index < -0.39 is 10.0 Å². The summed E-state index contributed by atoms with van der Waals surface area (Å²) in [6.07, 6.45) is 8.51. The Morgan fingerprint density at radius 1 is 1.17 bits per heavy atom. The second-order valence-corrected chi connectivity index (χ2v) is 8.62. The number of nitrogens with zero attached hydrogens (tertiary/aromatic N) is 1. The molecule has 3 rings (SSSR count). The van der Waals surface area contributed by atoms with E-state index in [1.54, 1.807) is 6.07 Å². The first-order chi connectivity index (χ1) is 11.4. The summed E-state index contributed by atoms with van der Waals surface area (Å²) in [4.78, 5) is 12.2. The van der Waals surface area contributed by atoms with Crippen LogP contribution in [0.3, 0.4) is 0 Å². The quantitative estimate of drug-likeness (QED) is 0.879. The highest BCUT2D eigenvalue weighted by Crippen LogP contribution is 2.31. The lowest BCUT2D eigenvalue weighted by Crippen LogP contribution is -2.39. The Hall–Kier alpha value is -1.76. The van der Waals surface area contributed by atoms with E-state index in [1.807, 2.05) is 12.1 Å². The van der Waals surface area contributed by atoms with E-state index in [-0.39, 0.29) is 12.1 Å². The van der Waals surface area contributed by atoms with Gasteiger partial charge in [-0.05, 0) is 43.4 Å². The highest BCUT2D eigenvalue weighted by molar-refractivity contribution is 7.92. The minimum Gasteiger partial charge on any atom is -0.335 e. The van der Waals surface area contributed by atoms with E-state index in [9.17, 15) is 13.2 Å². The van der Waals surface area contributed by atoms with E-state index in [0.29, 0.717) is 17.9 Å². The van der Waals surface area contributed by atoms with Gasteiger partial charge in [0.25, 0.3) is 0 Å². The molecule has 1 aromatic carbocycles. The summed E-state index contributed by atoms with van der Waals surface area (Å²) in [5.41, 5.74) is 2.31. The molecular formula is C17H25N3O3S. The minimum absolute atomic E-state index is 0.219. The lowest BCUT2D eigenvalue weighted by molar-refractivity contribution is 0.244. The number of amides is 2. The number of benzene rings is 1. The van der Waals surface area contributed by atoms with Crippen LogP contribution in [0.25, 0.3) is 0 Å². The Kier molecular flexibility index (Phi) is 4.99. The number of hydrogen-bond donors (Lipinski definition) is 2. The van der Waals surface area contributed by atoms with Crippen LogP contribution in [0.15, 0.2) is 18.2 Å². The van der Waals surface area contributed by atoms with Crippen molar-refractivity contribution < 1.29 is 13.2 Å². The highest BCUT2D eigenvalue weighted by atomic mass is 32.2. The molecule has 1 aromatic rings. The van der Waals surface area contributed by atoms with Gasteiger partial charge in [-0.3, -0.25) is 4.31 Å². The second-order valence-electron chi connectivity index (χ2n) is 6.72. The predicted molar refractivity (Wildman–Crippen MR) is 96.0 cm³/mol. The zero-order valence-corrected chi connectivity index (χ0v) is 14.9. The molecule has 2 N–H and O–H groups in total. The van der Waals surface area contributed by atoms with Gasteiger partial charge in [0.2, 0.25) is 10.0 Å². The molecule has 0 aromatic heterocycles. The van der Waals surface area contributed by atoms with Crippen LogP contribution in [0.5, 0.6) is 0 Å². The van der Waals surface area contributed by atoms with Gasteiger partial charge in [0.1, 0.15) is 0 Å². The molecule has 1 aliphatic heterocycles. The van der Waals surface area contributed by atoms with Crippen molar-refractivity contribution in [3.8, 4) is 0 Å². The first-order valence-corrected chi connectivity index (χ1v) is 10.5. The Bertz CT molecular complexity index is 712. The van der Waals surface area contributed by atoms with Crippen LogP contribution in [0, 0.1) is 0 Å². The molecule has 132 valence electrons. The lowest BCUT2D eigenvalue weighted by Gasteiger charge is -2.29. The first kappa shape index (κ1) is 17.1. The standard InChI is InChI=1S/C17H25N3O3S/c1-24(22,23)20-11-5-6-13-9-10-15(12-16(13)20)19-17(21)18-14-7-3-2-4-8-14/h9-10,12,14H,2-8,11H2,1H3,(H2,18,19,21). The van der Waals surface area contributed by atoms with Crippen LogP contribution >= 0.6 is 0 Å². The SMILES string of the molecule is CS(=O)(=O)N1CCCc2ccc(NC(=O)NC3CCCCC3)cc21. The van der Waals surface area contributed by atoms with Gasteiger partial charge in [0.05, 0.1) is 11.9 Å². The molecule has 24 heavy (non-hydrogen) atoms. The lowest BCUT2D eigenvalue weighted by atomic mass is 9.96. The molecular weight excluding hydrogens is 326 g/mol. The number of anilines is 2. The summed E-state index contributed by atoms with van der Waals surface area (Å²) >= 11 is 0. The molecule has 1 heterocycles. The van der Waals surface area contributed by atoms with Gasteiger partial charge in [-0.1, -0.05) is 25.3 Å². The smallest absolute Gasteiger partial charge is 0.319 e. The van der Waals surface area contributed by atoms with Crippen LogP contribution in [0.4, 0.5) is 16.2 Å². The van der Waals surface area contributed by atoms with Gasteiger partial charge in [0, 0.05) is 18.3 Å². The summed E-state index contributed by atoms with van der Waals surface area (Å²) in [6.45, 7) is 0.490. The van der Waals surface area contributed by atoms with Crippen LogP contribution < -0.4 is 14.9 Å². The number of carbonyl (C=O) groups is 1. The fourth-order valence-electron chi connectivity index (χ4n) is 3.56. The number of fused-ring (bicyclic) bond motifs is 1. The van der Waals surface area contributed by atoms with Crippen LogP contribution in [-0.4, -0.2) is 33.3 Å². The van der Waals surface area contributed by atoms with Crippen molar-refractivity contribution in [3.63, 3.8) is 0 Å². The molecule has 7 heteroatoms. The summed E-state index contributed by atoms with van der Waals surface area (Å²) in [6, 6.07) is 5.52. The number of rotatable bonds is 3. The third kappa shape index (κ3) is 4.01. The summed E-state index contributed by atoms with van der Waals surface area (Å²) in [5.74, 6) is 0. The van der Waals surface area contributed by atoms with Crippen molar-refractivity contribution in [3.05, 3.63) is 23.8 Å². The van der Waals surface area contributed by atoms with Crippen LogP contribution in [0.1, 0.15) is 44.1 Å². The molecule has 0 radical (unpaired) electrons. The van der Waals surface area contributed by atoms with Gasteiger partial charge >= 0.3 is 6.03 Å². The normalized spacial score (nSPS) is 18.8. The van der Waals surface area contributed by atoms with Crippen molar-refractivity contribution in [1.82, 2.24) is 5.32 Å². The maximum atomic E-state index is 12.2. The zero-order valence-electron chi connectivity index (χ0n) is 14.0. The molecule has 1 aliphatic carbocycles. The molecule has 0 bridgehead atoms. The average Bonchev–Trinajstić information content (AvgIpc) is 2.54. The Balaban J connectivity index is 1.72. The molecule has 1 saturated carbocycles. The number of urea groups is 1. The Morgan fingerprint density at radius 3 is 2.62 bits per heavy atom. The molecule has 6 nitrogen and oxygen atoms in total. The largest absolute Gasteiger partial charge is 0.335 e. The molecule has 2 aliphatic rings. The van der Waals surface area contributed by atoms with Crippen LogP contribution in [-0.2, 0) is 16.4 Å². The minimum atomic E-state index is -3.30. The molecule has 0 saturated heterocycles. The topological polar surface area (TPSA) is 78.5 Å². The molecule has 0 unspecified atom stereocenters. The number of hydrogen-bond acceptors (Lipinski definition) is 3. The van der Waals surface area contributed by atoms with Crippen LogP contribution in [0.2, 0.25) is 0 Å². The number of carbonyl (C=O) groups excluding carboxylic acids is 1. The fraction of sp³-hybridized carbons (Fsp3) is 0.588. The fourth-order valence-corrected chi connectivity index (χ4v) is 4.55. The average molecular weight is 351 g/mol. The number of nitrogens with one attached hydrogen (secondary N) is 2. The van der Waals surface area contributed by atoms with E-state index in [0.717, 1.165) is 44.1 Å².